The summed E-state index contributed by atoms with van der Waals surface area (Å²) in [6.45, 7) is 0.873. The Morgan fingerprint density at radius 3 is 2.35 bits per heavy atom. The summed E-state index contributed by atoms with van der Waals surface area (Å²) >= 11 is 0. The highest BCUT2D eigenvalue weighted by Crippen LogP contribution is 2.28. The minimum atomic E-state index is -0.910. The molecule has 1 heterocycles. The zero-order chi connectivity index (χ0) is 12.4. The summed E-state index contributed by atoms with van der Waals surface area (Å²) in [5.74, 6) is -2.13. The van der Waals surface area contributed by atoms with Crippen LogP contribution in [-0.2, 0) is 9.59 Å². The van der Waals surface area contributed by atoms with E-state index in [4.69, 9.17) is 5.11 Å². The van der Waals surface area contributed by atoms with Crippen LogP contribution in [0.1, 0.15) is 19.3 Å². The molecule has 1 aliphatic carbocycles. The van der Waals surface area contributed by atoms with Gasteiger partial charge in [0.2, 0.25) is 5.91 Å². The van der Waals surface area contributed by atoms with E-state index in [1.165, 1.54) is 0 Å². The Hall–Kier alpha value is -1.36. The van der Waals surface area contributed by atoms with Crippen LogP contribution in [0.15, 0.2) is 12.2 Å². The molecule has 3 unspecified atom stereocenters. The molecule has 0 bridgehead atoms. The van der Waals surface area contributed by atoms with Crippen LogP contribution in [0.4, 0.5) is 0 Å². The van der Waals surface area contributed by atoms with Gasteiger partial charge in [0.05, 0.1) is 17.9 Å². The molecule has 1 amide bonds. The van der Waals surface area contributed by atoms with Gasteiger partial charge in [-0.2, -0.15) is 0 Å². The predicted molar refractivity (Wildman–Crippen MR) is 60.2 cm³/mol. The number of β-amino-alcohol motifs (C(OH)–C–C–N with tert-alkyl or cyclic N) is 1. The highest BCUT2D eigenvalue weighted by atomic mass is 16.4. The van der Waals surface area contributed by atoms with Crippen LogP contribution in [0.3, 0.4) is 0 Å². The molecule has 0 radical (unpaired) electrons. The van der Waals surface area contributed by atoms with E-state index in [-0.39, 0.29) is 5.91 Å². The Labute approximate surface area is 99.7 Å². The molecular formula is C12H17NO4. The number of hydrogen-bond donors (Lipinski definition) is 2. The number of carbonyl (C=O) groups excluding carboxylic acids is 1. The lowest BCUT2D eigenvalue weighted by molar-refractivity contribution is -0.150. The molecule has 5 nitrogen and oxygen atoms in total. The van der Waals surface area contributed by atoms with Crippen molar-refractivity contribution in [3.05, 3.63) is 12.2 Å². The second-order valence-electron chi connectivity index (χ2n) is 4.72. The van der Waals surface area contributed by atoms with Gasteiger partial charge in [0.15, 0.2) is 0 Å². The van der Waals surface area contributed by atoms with E-state index >= 15 is 0 Å². The summed E-state index contributed by atoms with van der Waals surface area (Å²) in [5.41, 5.74) is 0. The number of nitrogens with zero attached hydrogens (tertiary/aromatic N) is 1. The van der Waals surface area contributed by atoms with Crippen LogP contribution in [0, 0.1) is 11.8 Å². The zero-order valence-electron chi connectivity index (χ0n) is 9.58. The predicted octanol–water partition coefficient (Wildman–Crippen LogP) is 0.247. The Balaban J connectivity index is 2.07. The fourth-order valence-electron chi connectivity index (χ4n) is 2.54. The molecule has 2 N–H and O–H groups in total. The first-order valence-corrected chi connectivity index (χ1v) is 5.94. The molecule has 0 saturated carbocycles. The molecule has 0 aromatic heterocycles. The number of carboxylic acids is 1. The number of allylic oxidation sites excluding steroid dienone is 2. The van der Waals surface area contributed by atoms with Crippen molar-refractivity contribution in [2.45, 2.75) is 25.4 Å². The normalized spacial score (nSPS) is 32.8. The maximum atomic E-state index is 12.2. The van der Waals surface area contributed by atoms with Gasteiger partial charge in [0, 0.05) is 13.1 Å². The Kier molecular flexibility index (Phi) is 3.47. The third-order valence-electron chi connectivity index (χ3n) is 3.54. The smallest absolute Gasteiger partial charge is 0.307 e. The molecule has 3 atom stereocenters. The third kappa shape index (κ3) is 2.49. The van der Waals surface area contributed by atoms with Gasteiger partial charge < -0.3 is 15.1 Å². The SMILES string of the molecule is O=C(O)C1CC=CCC1C(=O)N1CCC(O)C1. The number of likely N-dealkylation sites (tertiary alicyclic amines) is 1. The lowest BCUT2D eigenvalue weighted by Crippen LogP contribution is -2.41. The van der Waals surface area contributed by atoms with Gasteiger partial charge in [-0.3, -0.25) is 9.59 Å². The van der Waals surface area contributed by atoms with Crippen molar-refractivity contribution >= 4 is 11.9 Å². The van der Waals surface area contributed by atoms with Crippen LogP contribution in [-0.4, -0.2) is 46.2 Å². The number of rotatable bonds is 2. The number of hydrogen-bond acceptors (Lipinski definition) is 3. The minimum absolute atomic E-state index is 0.127. The summed E-state index contributed by atoms with van der Waals surface area (Å²) in [5, 5.41) is 18.5. The summed E-state index contributed by atoms with van der Waals surface area (Å²) in [6.07, 6.45) is 4.73. The number of amides is 1. The van der Waals surface area contributed by atoms with Gasteiger partial charge in [0.1, 0.15) is 0 Å². The number of carboxylic acid groups (broad SMARTS) is 1. The minimum Gasteiger partial charge on any atom is -0.481 e. The average molecular weight is 239 g/mol. The maximum Gasteiger partial charge on any atom is 0.307 e. The maximum absolute atomic E-state index is 12.2. The number of aliphatic hydroxyl groups excluding tert-OH is 1. The summed E-state index contributed by atoms with van der Waals surface area (Å²) in [4.78, 5) is 24.9. The van der Waals surface area contributed by atoms with E-state index in [9.17, 15) is 14.7 Å². The highest BCUT2D eigenvalue weighted by Gasteiger charge is 2.38. The van der Waals surface area contributed by atoms with Crippen molar-refractivity contribution in [2.24, 2.45) is 11.8 Å². The third-order valence-corrected chi connectivity index (χ3v) is 3.54. The Morgan fingerprint density at radius 2 is 1.82 bits per heavy atom. The van der Waals surface area contributed by atoms with Crippen molar-refractivity contribution in [1.82, 2.24) is 4.90 Å². The molecule has 0 spiro atoms. The molecule has 1 saturated heterocycles. The first kappa shape index (κ1) is 12.1. The fourth-order valence-corrected chi connectivity index (χ4v) is 2.54. The van der Waals surface area contributed by atoms with E-state index in [2.05, 4.69) is 0 Å². The number of carbonyl (C=O) groups is 2. The monoisotopic (exact) mass is 239 g/mol. The van der Waals surface area contributed by atoms with Crippen molar-refractivity contribution in [2.75, 3.05) is 13.1 Å². The molecule has 5 heteroatoms. The van der Waals surface area contributed by atoms with Gasteiger partial charge in [-0.15, -0.1) is 0 Å². The second kappa shape index (κ2) is 4.87. The first-order chi connectivity index (χ1) is 8.09. The molecule has 2 aliphatic rings. The zero-order valence-corrected chi connectivity index (χ0v) is 9.58. The van der Waals surface area contributed by atoms with Crippen LogP contribution in [0.25, 0.3) is 0 Å². The fraction of sp³-hybridized carbons (Fsp3) is 0.667. The van der Waals surface area contributed by atoms with Gasteiger partial charge in [-0.1, -0.05) is 12.2 Å². The van der Waals surface area contributed by atoms with Crippen LogP contribution in [0.2, 0.25) is 0 Å². The van der Waals surface area contributed by atoms with Gasteiger partial charge in [-0.25, -0.2) is 0 Å². The van der Waals surface area contributed by atoms with Crippen molar-refractivity contribution in [3.63, 3.8) is 0 Å². The topological polar surface area (TPSA) is 77.8 Å². The molecular weight excluding hydrogens is 222 g/mol. The standard InChI is InChI=1S/C12H17NO4/c14-8-5-6-13(7-8)11(15)9-3-1-2-4-10(9)12(16)17/h1-2,8-10,14H,3-7H2,(H,16,17). The molecule has 1 aliphatic heterocycles. The van der Waals surface area contributed by atoms with E-state index in [0.29, 0.717) is 32.4 Å². The van der Waals surface area contributed by atoms with Crippen LogP contribution >= 0.6 is 0 Å². The van der Waals surface area contributed by atoms with Gasteiger partial charge >= 0.3 is 5.97 Å². The molecule has 1 fully saturated rings. The van der Waals surface area contributed by atoms with Crippen molar-refractivity contribution in [1.29, 1.82) is 0 Å². The molecule has 2 rings (SSSR count). The lowest BCUT2D eigenvalue weighted by atomic mass is 9.82. The van der Waals surface area contributed by atoms with E-state index in [0.717, 1.165) is 0 Å². The lowest BCUT2D eigenvalue weighted by Gasteiger charge is -2.28. The molecule has 94 valence electrons. The molecule has 0 aromatic rings. The van der Waals surface area contributed by atoms with Crippen molar-refractivity contribution < 1.29 is 19.8 Å². The summed E-state index contributed by atoms with van der Waals surface area (Å²) in [7, 11) is 0. The largest absolute Gasteiger partial charge is 0.481 e. The second-order valence-corrected chi connectivity index (χ2v) is 4.72. The number of aliphatic carboxylic acids is 1. The Morgan fingerprint density at radius 1 is 1.18 bits per heavy atom. The quantitative estimate of drug-likeness (QED) is 0.677. The van der Waals surface area contributed by atoms with Gasteiger partial charge in [0.25, 0.3) is 0 Å². The summed E-state index contributed by atoms with van der Waals surface area (Å²) in [6, 6.07) is 0. The Bertz CT molecular complexity index is 352. The average Bonchev–Trinajstić information content (AvgIpc) is 2.75. The highest BCUT2D eigenvalue weighted by molar-refractivity contribution is 5.85. The molecule has 0 aromatic carbocycles. The summed E-state index contributed by atoms with van der Waals surface area (Å²) < 4.78 is 0. The first-order valence-electron chi connectivity index (χ1n) is 5.94. The van der Waals surface area contributed by atoms with E-state index in [1.54, 1.807) is 4.90 Å². The number of aliphatic hydroxyl groups is 1. The van der Waals surface area contributed by atoms with E-state index in [1.807, 2.05) is 12.2 Å². The van der Waals surface area contributed by atoms with Crippen LogP contribution in [0.5, 0.6) is 0 Å². The van der Waals surface area contributed by atoms with Crippen LogP contribution < -0.4 is 0 Å². The molecule has 17 heavy (non-hydrogen) atoms. The van der Waals surface area contributed by atoms with Gasteiger partial charge in [-0.05, 0) is 19.3 Å². The van der Waals surface area contributed by atoms with E-state index < -0.39 is 23.9 Å². The van der Waals surface area contributed by atoms with Crippen molar-refractivity contribution in [3.8, 4) is 0 Å².